The van der Waals surface area contributed by atoms with Gasteiger partial charge < -0.3 is 9.84 Å². The van der Waals surface area contributed by atoms with Crippen LogP contribution in [0.1, 0.15) is 5.56 Å². The van der Waals surface area contributed by atoms with E-state index in [2.05, 4.69) is 0 Å². The first kappa shape index (κ1) is 8.94. The van der Waals surface area contributed by atoms with Gasteiger partial charge in [-0.15, -0.1) is 12.4 Å². The van der Waals surface area contributed by atoms with E-state index in [0.29, 0.717) is 0 Å². The minimum Gasteiger partial charge on any atom is -0.509 e. The Morgan fingerprint density at radius 3 is 2.83 bits per heavy atom. The molecule has 0 saturated carbocycles. The Morgan fingerprint density at radius 1 is 1.25 bits per heavy atom. The van der Waals surface area contributed by atoms with Crippen molar-refractivity contribution < 1.29 is 9.84 Å². The van der Waals surface area contributed by atoms with Crippen molar-refractivity contribution in [2.75, 3.05) is 6.61 Å². The van der Waals surface area contributed by atoms with Crippen molar-refractivity contribution in [2.45, 2.75) is 0 Å². The average Bonchev–Trinajstić information content (AvgIpc) is 2.04. The summed E-state index contributed by atoms with van der Waals surface area (Å²) >= 11 is 0. The molecule has 1 aliphatic rings. The minimum absolute atomic E-state index is 0. The molecule has 0 saturated heterocycles. The van der Waals surface area contributed by atoms with Gasteiger partial charge in [-0.05, 0) is 12.1 Å². The predicted octanol–water partition coefficient (Wildman–Crippen LogP) is 2.40. The third kappa shape index (κ3) is 1.53. The molecule has 1 N–H and O–H groups in total. The maximum Gasteiger partial charge on any atom is 0.145 e. The number of aliphatic hydroxyl groups is 1. The lowest BCUT2D eigenvalue weighted by Gasteiger charge is -2.13. The van der Waals surface area contributed by atoms with Crippen LogP contribution >= 0.6 is 12.4 Å². The van der Waals surface area contributed by atoms with Crippen molar-refractivity contribution in [2.24, 2.45) is 0 Å². The molecule has 0 atom stereocenters. The highest BCUT2D eigenvalue weighted by Gasteiger charge is 2.07. The lowest BCUT2D eigenvalue weighted by molar-refractivity contribution is 0.267. The predicted molar refractivity (Wildman–Crippen MR) is 49.8 cm³/mol. The number of para-hydroxylation sites is 1. The Balaban J connectivity index is 0.000000720. The quantitative estimate of drug-likeness (QED) is 0.671. The van der Waals surface area contributed by atoms with Gasteiger partial charge in [-0.3, -0.25) is 0 Å². The molecule has 0 aliphatic carbocycles. The van der Waals surface area contributed by atoms with Gasteiger partial charge in [-0.2, -0.15) is 0 Å². The van der Waals surface area contributed by atoms with Crippen LogP contribution in [-0.4, -0.2) is 11.7 Å². The summed E-state index contributed by atoms with van der Waals surface area (Å²) in [5.74, 6) is 1.12. The molecule has 0 amide bonds. The van der Waals surface area contributed by atoms with E-state index in [1.165, 1.54) is 0 Å². The van der Waals surface area contributed by atoms with Gasteiger partial charge in [0.05, 0.1) is 0 Å². The number of benzene rings is 1. The summed E-state index contributed by atoms with van der Waals surface area (Å²) in [5, 5.41) is 9.09. The van der Waals surface area contributed by atoms with E-state index < -0.39 is 0 Å². The van der Waals surface area contributed by atoms with Crippen molar-refractivity contribution in [3.8, 4) is 5.75 Å². The van der Waals surface area contributed by atoms with E-state index in [4.69, 9.17) is 9.84 Å². The average molecular weight is 185 g/mol. The molecule has 64 valence electrons. The zero-order valence-electron chi connectivity index (χ0n) is 6.36. The smallest absolute Gasteiger partial charge is 0.145 e. The molecule has 0 fully saturated rings. The first-order valence-corrected chi connectivity index (χ1v) is 3.47. The molecule has 1 aromatic carbocycles. The van der Waals surface area contributed by atoms with Gasteiger partial charge in [-0.1, -0.05) is 18.2 Å². The molecule has 12 heavy (non-hydrogen) atoms. The summed E-state index contributed by atoms with van der Waals surface area (Å²) in [7, 11) is 0. The van der Waals surface area contributed by atoms with Crippen LogP contribution in [0, 0.1) is 0 Å². The van der Waals surface area contributed by atoms with Gasteiger partial charge in [-0.25, -0.2) is 0 Å². The molecule has 3 heteroatoms. The van der Waals surface area contributed by atoms with Crippen LogP contribution < -0.4 is 4.74 Å². The molecule has 1 heterocycles. The molecule has 1 aromatic rings. The fraction of sp³-hybridized carbons (Fsp3) is 0.111. The van der Waals surface area contributed by atoms with E-state index in [1.54, 1.807) is 6.08 Å². The summed E-state index contributed by atoms with van der Waals surface area (Å²) in [6.07, 6.45) is 1.72. The summed E-state index contributed by atoms with van der Waals surface area (Å²) < 4.78 is 5.22. The Morgan fingerprint density at radius 2 is 2.00 bits per heavy atom. The summed E-state index contributed by atoms with van der Waals surface area (Å²) in [6, 6.07) is 7.62. The molecule has 0 unspecified atom stereocenters. The van der Waals surface area contributed by atoms with Crippen LogP contribution in [0.4, 0.5) is 0 Å². The number of ether oxygens (including phenoxy) is 1. The van der Waals surface area contributed by atoms with Gasteiger partial charge in [0, 0.05) is 5.56 Å². The van der Waals surface area contributed by atoms with Gasteiger partial charge in [0.15, 0.2) is 0 Å². The number of rotatable bonds is 0. The maximum absolute atomic E-state index is 9.09. The molecule has 2 nitrogen and oxygen atoms in total. The fourth-order valence-corrected chi connectivity index (χ4v) is 1.10. The van der Waals surface area contributed by atoms with Crippen LogP contribution in [0.3, 0.4) is 0 Å². The molecule has 0 bridgehead atoms. The standard InChI is InChI=1S/C9H8O2.ClH/c10-8-5-7-3-1-2-4-9(7)11-6-8;/h1-5,10H,6H2;1H. The second-order valence-corrected chi connectivity index (χ2v) is 2.46. The van der Waals surface area contributed by atoms with Crippen LogP contribution in [0.25, 0.3) is 6.08 Å². The highest BCUT2D eigenvalue weighted by atomic mass is 35.5. The van der Waals surface area contributed by atoms with E-state index in [9.17, 15) is 0 Å². The van der Waals surface area contributed by atoms with E-state index in [0.717, 1.165) is 11.3 Å². The number of hydrogen-bond acceptors (Lipinski definition) is 2. The normalized spacial score (nSPS) is 13.5. The largest absolute Gasteiger partial charge is 0.509 e. The third-order valence-corrected chi connectivity index (χ3v) is 1.62. The Hall–Kier alpha value is -1.15. The number of fused-ring (bicyclic) bond motifs is 1. The lowest BCUT2D eigenvalue weighted by atomic mass is 10.1. The maximum atomic E-state index is 9.09. The summed E-state index contributed by atoms with van der Waals surface area (Å²) in [6.45, 7) is 0.289. The van der Waals surface area contributed by atoms with Gasteiger partial charge in [0.25, 0.3) is 0 Å². The van der Waals surface area contributed by atoms with E-state index in [1.807, 2.05) is 24.3 Å². The molecule has 0 radical (unpaired) electrons. The molecular formula is C9H9ClO2. The number of hydrogen-bond donors (Lipinski definition) is 1. The monoisotopic (exact) mass is 184 g/mol. The Labute approximate surface area is 76.9 Å². The number of aliphatic hydroxyl groups excluding tert-OH is 1. The van der Waals surface area contributed by atoms with Crippen molar-refractivity contribution in [1.82, 2.24) is 0 Å². The van der Waals surface area contributed by atoms with Crippen molar-refractivity contribution >= 4 is 18.5 Å². The Kier molecular flexibility index (Phi) is 2.61. The second-order valence-electron chi connectivity index (χ2n) is 2.46. The SMILES string of the molecule is Cl.OC1=Cc2ccccc2OC1. The zero-order chi connectivity index (χ0) is 7.68. The summed E-state index contributed by atoms with van der Waals surface area (Å²) in [5.41, 5.74) is 0.941. The zero-order valence-corrected chi connectivity index (χ0v) is 7.17. The van der Waals surface area contributed by atoms with E-state index in [-0.39, 0.29) is 24.8 Å². The number of halogens is 1. The molecular weight excluding hydrogens is 176 g/mol. The van der Waals surface area contributed by atoms with Crippen molar-refractivity contribution in [1.29, 1.82) is 0 Å². The Bertz CT molecular complexity index is 307. The van der Waals surface area contributed by atoms with Crippen molar-refractivity contribution in [3.63, 3.8) is 0 Å². The topological polar surface area (TPSA) is 29.5 Å². The third-order valence-electron chi connectivity index (χ3n) is 1.62. The second kappa shape index (κ2) is 3.50. The van der Waals surface area contributed by atoms with Gasteiger partial charge in [0.2, 0.25) is 0 Å². The molecule has 2 rings (SSSR count). The first-order chi connectivity index (χ1) is 5.36. The van der Waals surface area contributed by atoms with E-state index >= 15 is 0 Å². The van der Waals surface area contributed by atoms with Crippen LogP contribution in [0.5, 0.6) is 5.75 Å². The van der Waals surface area contributed by atoms with Crippen LogP contribution in [0.2, 0.25) is 0 Å². The molecule has 0 aromatic heterocycles. The molecule has 1 aliphatic heterocycles. The lowest BCUT2D eigenvalue weighted by Crippen LogP contribution is -2.05. The van der Waals surface area contributed by atoms with Gasteiger partial charge in [0.1, 0.15) is 18.1 Å². The molecule has 0 spiro atoms. The van der Waals surface area contributed by atoms with Crippen LogP contribution in [-0.2, 0) is 0 Å². The van der Waals surface area contributed by atoms with Crippen LogP contribution in [0.15, 0.2) is 30.0 Å². The fourth-order valence-electron chi connectivity index (χ4n) is 1.10. The van der Waals surface area contributed by atoms with Gasteiger partial charge >= 0.3 is 0 Å². The van der Waals surface area contributed by atoms with Crippen molar-refractivity contribution in [3.05, 3.63) is 35.6 Å². The minimum atomic E-state index is 0. The highest BCUT2D eigenvalue weighted by Crippen LogP contribution is 2.24. The summed E-state index contributed by atoms with van der Waals surface area (Å²) in [4.78, 5) is 0. The highest BCUT2D eigenvalue weighted by molar-refractivity contribution is 5.85. The first-order valence-electron chi connectivity index (χ1n) is 3.47.